The number of piperidine rings is 1. The van der Waals surface area contributed by atoms with Crippen molar-refractivity contribution >= 4 is 27.3 Å². The van der Waals surface area contributed by atoms with Gasteiger partial charge in [0, 0.05) is 30.0 Å². The number of hydrogen-bond acceptors (Lipinski definition) is 4. The fourth-order valence-corrected chi connectivity index (χ4v) is 6.50. The average Bonchev–Trinajstić information content (AvgIpc) is 2.66. The SMILES string of the molecule is CN1C(=O)C(S(=O)(=O)c2ccc(C(C)(C)C)cc2)C2CC1(C)Oc1ccc(Cl)cc12. The molecule has 1 fully saturated rings. The van der Waals surface area contributed by atoms with Crippen molar-refractivity contribution in [2.24, 2.45) is 0 Å². The quantitative estimate of drug-likeness (QED) is 0.678. The van der Waals surface area contributed by atoms with Gasteiger partial charge in [0.2, 0.25) is 5.91 Å². The third-order valence-corrected chi connectivity index (χ3v) is 8.70. The molecular formula is C23H26ClNO4S. The smallest absolute Gasteiger partial charge is 0.244 e. The molecule has 3 unspecified atom stereocenters. The molecule has 0 aromatic heterocycles. The van der Waals surface area contributed by atoms with Gasteiger partial charge in [-0.25, -0.2) is 8.42 Å². The minimum Gasteiger partial charge on any atom is -0.468 e. The Hall–Kier alpha value is -2.05. The van der Waals surface area contributed by atoms with Crippen LogP contribution in [0.3, 0.4) is 0 Å². The summed E-state index contributed by atoms with van der Waals surface area (Å²) in [4.78, 5) is 14.9. The van der Waals surface area contributed by atoms with Gasteiger partial charge in [-0.3, -0.25) is 4.79 Å². The Balaban J connectivity index is 1.84. The van der Waals surface area contributed by atoms with E-state index < -0.39 is 32.6 Å². The predicted octanol–water partition coefficient (Wildman–Crippen LogP) is 4.53. The molecule has 0 spiro atoms. The van der Waals surface area contributed by atoms with E-state index in [1.54, 1.807) is 37.4 Å². The third kappa shape index (κ3) is 3.21. The Bertz CT molecular complexity index is 1120. The summed E-state index contributed by atoms with van der Waals surface area (Å²) in [5.41, 5.74) is 0.706. The van der Waals surface area contributed by atoms with Crippen LogP contribution in [0.1, 0.15) is 51.2 Å². The van der Waals surface area contributed by atoms with Crippen molar-refractivity contribution in [1.82, 2.24) is 4.90 Å². The molecule has 2 aromatic carbocycles. The largest absolute Gasteiger partial charge is 0.468 e. The van der Waals surface area contributed by atoms with Crippen molar-refractivity contribution in [2.45, 2.75) is 61.3 Å². The molecule has 1 amide bonds. The van der Waals surface area contributed by atoms with Crippen LogP contribution in [0, 0.1) is 0 Å². The molecule has 0 saturated carbocycles. The lowest BCUT2D eigenvalue weighted by Crippen LogP contribution is -2.64. The van der Waals surface area contributed by atoms with Gasteiger partial charge in [0.1, 0.15) is 5.75 Å². The zero-order chi connectivity index (χ0) is 22.1. The van der Waals surface area contributed by atoms with Gasteiger partial charge in [-0.05, 0) is 48.2 Å². The predicted molar refractivity (Wildman–Crippen MR) is 117 cm³/mol. The van der Waals surface area contributed by atoms with Gasteiger partial charge in [-0.1, -0.05) is 44.5 Å². The second kappa shape index (κ2) is 6.72. The maximum absolute atomic E-state index is 13.7. The highest BCUT2D eigenvalue weighted by Gasteiger charge is 2.57. The van der Waals surface area contributed by atoms with E-state index in [2.05, 4.69) is 20.8 Å². The standard InChI is InChI=1S/C23H26ClNO4S/c1-22(2,3)14-6-9-16(10-7-14)30(27,28)20-18-13-23(4,25(5)21(20)26)29-19-11-8-15(24)12-17(18)19/h6-12,18,20H,13H2,1-5H3. The van der Waals surface area contributed by atoms with Crippen LogP contribution in [-0.2, 0) is 20.0 Å². The molecule has 1 saturated heterocycles. The van der Waals surface area contributed by atoms with Crippen molar-refractivity contribution in [2.75, 3.05) is 7.05 Å². The molecule has 160 valence electrons. The molecule has 3 atom stereocenters. The van der Waals surface area contributed by atoms with Crippen molar-refractivity contribution in [3.8, 4) is 5.75 Å². The molecule has 2 bridgehead atoms. The minimum atomic E-state index is -3.93. The number of benzene rings is 2. The van der Waals surface area contributed by atoms with Crippen molar-refractivity contribution in [3.05, 3.63) is 58.6 Å². The van der Waals surface area contributed by atoms with Gasteiger partial charge in [-0.15, -0.1) is 0 Å². The number of hydrogen-bond donors (Lipinski definition) is 0. The Morgan fingerprint density at radius 2 is 1.77 bits per heavy atom. The Labute approximate surface area is 182 Å². The van der Waals surface area contributed by atoms with Crippen molar-refractivity contribution in [3.63, 3.8) is 0 Å². The molecule has 0 radical (unpaired) electrons. The first kappa shape index (κ1) is 21.2. The molecule has 30 heavy (non-hydrogen) atoms. The monoisotopic (exact) mass is 447 g/mol. The first-order valence-corrected chi connectivity index (χ1v) is 11.9. The molecular weight excluding hydrogens is 422 g/mol. The van der Waals surface area contributed by atoms with Crippen LogP contribution < -0.4 is 4.74 Å². The third-order valence-electron chi connectivity index (χ3n) is 6.33. The van der Waals surface area contributed by atoms with E-state index in [1.807, 2.05) is 19.1 Å². The van der Waals surface area contributed by atoms with E-state index in [-0.39, 0.29) is 10.3 Å². The van der Waals surface area contributed by atoms with Crippen LogP contribution in [-0.4, -0.2) is 37.2 Å². The van der Waals surface area contributed by atoms with Gasteiger partial charge < -0.3 is 9.64 Å². The molecule has 2 heterocycles. The van der Waals surface area contributed by atoms with Crippen LogP contribution in [0.25, 0.3) is 0 Å². The van der Waals surface area contributed by atoms with Crippen molar-refractivity contribution < 1.29 is 17.9 Å². The summed E-state index contributed by atoms with van der Waals surface area (Å²) >= 11 is 6.19. The Morgan fingerprint density at radius 3 is 2.37 bits per heavy atom. The first-order chi connectivity index (χ1) is 13.8. The number of fused-ring (bicyclic) bond motifs is 4. The lowest BCUT2D eigenvalue weighted by atomic mass is 9.80. The van der Waals surface area contributed by atoms with E-state index in [9.17, 15) is 13.2 Å². The summed E-state index contributed by atoms with van der Waals surface area (Å²) < 4.78 is 33.5. The van der Waals surface area contributed by atoms with Gasteiger partial charge >= 0.3 is 0 Å². The summed E-state index contributed by atoms with van der Waals surface area (Å²) in [6, 6.07) is 12.0. The topological polar surface area (TPSA) is 63.7 Å². The van der Waals surface area contributed by atoms with Gasteiger partial charge in [0.15, 0.2) is 20.8 Å². The number of likely N-dealkylation sites (tertiary alicyclic amines) is 1. The normalized spacial score (nSPS) is 26.2. The summed E-state index contributed by atoms with van der Waals surface area (Å²) in [6.07, 6.45) is 0.382. The highest BCUT2D eigenvalue weighted by atomic mass is 35.5. The number of halogens is 1. The number of rotatable bonds is 2. The van der Waals surface area contributed by atoms with Crippen molar-refractivity contribution in [1.29, 1.82) is 0 Å². The number of carbonyl (C=O) groups is 1. The second-order valence-corrected chi connectivity index (χ2v) is 11.9. The molecule has 5 nitrogen and oxygen atoms in total. The molecule has 2 aromatic rings. The fraction of sp³-hybridized carbons (Fsp3) is 0.435. The lowest BCUT2D eigenvalue weighted by molar-refractivity contribution is -0.159. The molecule has 2 aliphatic heterocycles. The minimum absolute atomic E-state index is 0.0959. The number of amides is 1. The number of carbonyl (C=O) groups excluding carboxylic acids is 1. The van der Waals surface area contributed by atoms with Gasteiger partial charge in [0.05, 0.1) is 4.90 Å². The van der Waals surface area contributed by atoms with E-state index in [1.165, 1.54) is 4.90 Å². The van der Waals surface area contributed by atoms with Crippen LogP contribution in [0.5, 0.6) is 5.75 Å². The highest BCUT2D eigenvalue weighted by Crippen LogP contribution is 2.50. The Kier molecular flexibility index (Phi) is 4.75. The van der Waals surface area contributed by atoms with E-state index in [0.717, 1.165) is 5.56 Å². The Morgan fingerprint density at radius 1 is 1.13 bits per heavy atom. The van der Waals surface area contributed by atoms with Crippen LogP contribution in [0.2, 0.25) is 5.02 Å². The van der Waals surface area contributed by atoms with Gasteiger partial charge in [0.25, 0.3) is 0 Å². The van der Waals surface area contributed by atoms with Gasteiger partial charge in [-0.2, -0.15) is 0 Å². The van der Waals surface area contributed by atoms with E-state index >= 15 is 0 Å². The summed E-state index contributed by atoms with van der Waals surface area (Å²) in [5, 5.41) is -0.741. The van der Waals surface area contributed by atoms with E-state index in [0.29, 0.717) is 22.8 Å². The first-order valence-electron chi connectivity index (χ1n) is 9.95. The molecule has 4 rings (SSSR count). The molecule has 0 aliphatic carbocycles. The zero-order valence-corrected chi connectivity index (χ0v) is 19.3. The summed E-state index contributed by atoms with van der Waals surface area (Å²) in [5.74, 6) is -0.423. The molecule has 2 aliphatic rings. The van der Waals surface area contributed by atoms with Crippen LogP contribution >= 0.6 is 11.6 Å². The number of sulfone groups is 1. The summed E-state index contributed by atoms with van der Waals surface area (Å²) in [7, 11) is -2.33. The molecule has 7 heteroatoms. The lowest BCUT2D eigenvalue weighted by Gasteiger charge is -2.51. The average molecular weight is 448 g/mol. The molecule has 0 N–H and O–H groups in total. The second-order valence-electron chi connectivity index (χ2n) is 9.41. The summed E-state index contributed by atoms with van der Waals surface area (Å²) in [6.45, 7) is 8.02. The number of ether oxygens (including phenoxy) is 1. The fourth-order valence-electron chi connectivity index (χ4n) is 4.41. The van der Waals surface area contributed by atoms with E-state index in [4.69, 9.17) is 16.3 Å². The van der Waals surface area contributed by atoms with Crippen LogP contribution in [0.15, 0.2) is 47.4 Å². The zero-order valence-electron chi connectivity index (χ0n) is 17.8. The maximum Gasteiger partial charge on any atom is 0.244 e. The number of nitrogens with zero attached hydrogens (tertiary/aromatic N) is 1. The maximum atomic E-state index is 13.7. The van der Waals surface area contributed by atoms with Crippen LogP contribution in [0.4, 0.5) is 0 Å². The highest BCUT2D eigenvalue weighted by molar-refractivity contribution is 7.92.